The molecule has 8 heteroatoms. The SMILES string of the molecule is C[C@@]1(CO)CC[C@@]2(S(=O)(=O)c3ccc(Cl)cc3)c3c(F)ccc(F)c3OC[C@H]2C1. The van der Waals surface area contributed by atoms with Gasteiger partial charge in [0.25, 0.3) is 0 Å². The number of hydrogen-bond acceptors (Lipinski definition) is 4. The van der Waals surface area contributed by atoms with Gasteiger partial charge in [-0.15, -0.1) is 0 Å². The summed E-state index contributed by atoms with van der Waals surface area (Å²) in [6, 6.07) is 7.58. The summed E-state index contributed by atoms with van der Waals surface area (Å²) in [5.74, 6) is -2.58. The summed E-state index contributed by atoms with van der Waals surface area (Å²) in [5.41, 5.74) is -0.766. The second-order valence-electron chi connectivity index (χ2n) is 8.26. The first-order valence-electron chi connectivity index (χ1n) is 9.37. The summed E-state index contributed by atoms with van der Waals surface area (Å²) in [6.45, 7) is 1.66. The highest BCUT2D eigenvalue weighted by atomic mass is 35.5. The Morgan fingerprint density at radius 3 is 2.45 bits per heavy atom. The lowest BCUT2D eigenvalue weighted by molar-refractivity contribution is 0.0194. The van der Waals surface area contributed by atoms with Crippen molar-refractivity contribution < 1.29 is 27.0 Å². The Balaban J connectivity index is 2.00. The fourth-order valence-corrected chi connectivity index (χ4v) is 7.25. The average Bonchev–Trinajstić information content (AvgIpc) is 2.70. The van der Waals surface area contributed by atoms with Crippen molar-refractivity contribution in [3.63, 3.8) is 0 Å². The third-order valence-electron chi connectivity index (χ3n) is 6.39. The van der Waals surface area contributed by atoms with Crippen LogP contribution in [-0.2, 0) is 14.6 Å². The van der Waals surface area contributed by atoms with Gasteiger partial charge >= 0.3 is 0 Å². The van der Waals surface area contributed by atoms with Gasteiger partial charge in [0, 0.05) is 17.5 Å². The lowest BCUT2D eigenvalue weighted by Gasteiger charge is -2.51. The van der Waals surface area contributed by atoms with Crippen molar-refractivity contribution in [2.45, 2.75) is 35.8 Å². The number of halogens is 3. The highest BCUT2D eigenvalue weighted by Crippen LogP contribution is 2.59. The summed E-state index contributed by atoms with van der Waals surface area (Å²) in [6.07, 6.45) is 0.713. The van der Waals surface area contributed by atoms with E-state index in [1.807, 2.05) is 6.92 Å². The molecule has 3 atom stereocenters. The van der Waals surface area contributed by atoms with Gasteiger partial charge in [-0.05, 0) is 61.1 Å². The first-order valence-corrected chi connectivity index (χ1v) is 11.2. The molecule has 1 saturated carbocycles. The van der Waals surface area contributed by atoms with Crippen LogP contribution in [0.2, 0.25) is 5.02 Å². The van der Waals surface area contributed by atoms with E-state index in [0.717, 1.165) is 12.1 Å². The molecule has 4 nitrogen and oxygen atoms in total. The van der Waals surface area contributed by atoms with E-state index in [1.165, 1.54) is 24.3 Å². The average molecular weight is 443 g/mol. The number of rotatable bonds is 3. The molecule has 1 aliphatic carbocycles. The van der Waals surface area contributed by atoms with E-state index in [9.17, 15) is 17.9 Å². The first-order chi connectivity index (χ1) is 13.6. The van der Waals surface area contributed by atoms with Gasteiger partial charge in [-0.1, -0.05) is 18.5 Å². The standard InChI is InChI=1S/C21H21ClF2O4S/c1-20(12-25)8-9-21(29(26,27)15-4-2-14(22)3-5-15)13(10-20)11-28-19-17(24)7-6-16(23)18(19)21/h2-7,13,25H,8-12H2,1H3/t13-,20-,21+/m1/s1. The van der Waals surface area contributed by atoms with Crippen LogP contribution in [0.5, 0.6) is 5.75 Å². The second kappa shape index (κ2) is 6.93. The monoisotopic (exact) mass is 442 g/mol. The van der Waals surface area contributed by atoms with Crippen LogP contribution in [0.3, 0.4) is 0 Å². The molecule has 0 unspecified atom stereocenters. The fourth-order valence-electron chi connectivity index (χ4n) is 4.78. The van der Waals surface area contributed by atoms with Crippen LogP contribution < -0.4 is 4.74 Å². The number of fused-ring (bicyclic) bond motifs is 3. The predicted octanol–water partition coefficient (Wildman–Crippen LogP) is 4.48. The topological polar surface area (TPSA) is 63.6 Å². The Bertz CT molecular complexity index is 1060. The molecule has 0 saturated heterocycles. The summed E-state index contributed by atoms with van der Waals surface area (Å²) in [7, 11) is -4.14. The van der Waals surface area contributed by atoms with E-state index < -0.39 is 37.6 Å². The number of aliphatic hydroxyl groups excluding tert-OH is 1. The van der Waals surface area contributed by atoms with Gasteiger partial charge in [0.05, 0.1) is 17.1 Å². The Labute approximate surface area is 173 Å². The molecule has 0 amide bonds. The molecule has 2 aromatic carbocycles. The minimum Gasteiger partial charge on any atom is -0.490 e. The summed E-state index contributed by atoms with van der Waals surface area (Å²) in [4.78, 5) is -0.00369. The van der Waals surface area contributed by atoms with Crippen LogP contribution in [0.15, 0.2) is 41.3 Å². The Morgan fingerprint density at radius 2 is 1.79 bits per heavy atom. The minimum absolute atomic E-state index is 0.00369. The van der Waals surface area contributed by atoms with Crippen molar-refractivity contribution in [1.29, 1.82) is 0 Å². The van der Waals surface area contributed by atoms with Gasteiger partial charge in [0.1, 0.15) is 10.6 Å². The molecule has 2 aliphatic rings. The molecule has 1 fully saturated rings. The summed E-state index contributed by atoms with van der Waals surface area (Å²) in [5, 5.41) is 10.2. The van der Waals surface area contributed by atoms with Crippen molar-refractivity contribution in [1.82, 2.24) is 0 Å². The zero-order valence-corrected chi connectivity index (χ0v) is 17.4. The Hall–Kier alpha value is -1.70. The smallest absolute Gasteiger partial charge is 0.188 e. The maximum atomic E-state index is 15.1. The Morgan fingerprint density at radius 1 is 1.14 bits per heavy atom. The third kappa shape index (κ3) is 2.97. The number of aliphatic hydroxyl groups is 1. The van der Waals surface area contributed by atoms with Crippen molar-refractivity contribution in [2.24, 2.45) is 11.3 Å². The van der Waals surface area contributed by atoms with Crippen LogP contribution >= 0.6 is 11.6 Å². The molecule has 0 bridgehead atoms. The van der Waals surface area contributed by atoms with Crippen LogP contribution in [0.4, 0.5) is 8.78 Å². The highest BCUT2D eigenvalue weighted by molar-refractivity contribution is 7.92. The largest absolute Gasteiger partial charge is 0.490 e. The Kier molecular flexibility index (Phi) is 4.91. The molecule has 2 aromatic rings. The maximum absolute atomic E-state index is 15.1. The van der Waals surface area contributed by atoms with Gasteiger partial charge in [-0.25, -0.2) is 17.2 Å². The molecular formula is C21H21ClF2O4S. The quantitative estimate of drug-likeness (QED) is 0.761. The van der Waals surface area contributed by atoms with Gasteiger partial charge in [-0.3, -0.25) is 0 Å². The number of benzene rings is 2. The van der Waals surface area contributed by atoms with Crippen molar-refractivity contribution in [3.05, 3.63) is 58.6 Å². The molecule has 0 spiro atoms. The first kappa shape index (κ1) is 20.6. The number of ether oxygens (including phenoxy) is 1. The van der Waals surface area contributed by atoms with Crippen LogP contribution in [0.25, 0.3) is 0 Å². The van der Waals surface area contributed by atoms with Gasteiger partial charge in [-0.2, -0.15) is 0 Å². The molecule has 4 rings (SSSR count). The second-order valence-corrected chi connectivity index (χ2v) is 10.9. The third-order valence-corrected chi connectivity index (χ3v) is 9.24. The molecule has 0 radical (unpaired) electrons. The van der Waals surface area contributed by atoms with Crippen LogP contribution in [0.1, 0.15) is 31.7 Å². The molecule has 29 heavy (non-hydrogen) atoms. The van der Waals surface area contributed by atoms with Gasteiger partial charge in [0.2, 0.25) is 0 Å². The molecular weight excluding hydrogens is 422 g/mol. The summed E-state index contributed by atoms with van der Waals surface area (Å²) >= 11 is 5.91. The van der Waals surface area contributed by atoms with Crippen LogP contribution in [0, 0.1) is 23.0 Å². The molecule has 156 valence electrons. The van der Waals surface area contributed by atoms with Crippen molar-refractivity contribution in [2.75, 3.05) is 13.2 Å². The molecule has 1 aliphatic heterocycles. The molecule has 1 N–H and O–H groups in total. The minimum atomic E-state index is -4.14. The molecule has 0 aromatic heterocycles. The number of sulfone groups is 1. The van der Waals surface area contributed by atoms with Gasteiger partial charge in [0.15, 0.2) is 21.4 Å². The summed E-state index contributed by atoms with van der Waals surface area (Å²) < 4.78 is 61.3. The van der Waals surface area contributed by atoms with E-state index in [1.54, 1.807) is 0 Å². The van der Waals surface area contributed by atoms with E-state index in [4.69, 9.17) is 16.3 Å². The lowest BCUT2D eigenvalue weighted by Crippen LogP contribution is -2.54. The number of hydrogen-bond donors (Lipinski definition) is 1. The predicted molar refractivity (Wildman–Crippen MR) is 105 cm³/mol. The van der Waals surface area contributed by atoms with E-state index in [-0.39, 0.29) is 35.8 Å². The van der Waals surface area contributed by atoms with Gasteiger partial charge < -0.3 is 9.84 Å². The lowest BCUT2D eigenvalue weighted by atomic mass is 9.63. The zero-order chi connectivity index (χ0) is 21.0. The fraction of sp³-hybridized carbons (Fsp3) is 0.429. The maximum Gasteiger partial charge on any atom is 0.188 e. The van der Waals surface area contributed by atoms with Crippen LogP contribution in [-0.4, -0.2) is 26.7 Å². The van der Waals surface area contributed by atoms with E-state index >= 15 is 4.39 Å². The molecule has 1 heterocycles. The van der Waals surface area contributed by atoms with Crippen molar-refractivity contribution >= 4 is 21.4 Å². The highest BCUT2D eigenvalue weighted by Gasteiger charge is 2.61. The van der Waals surface area contributed by atoms with E-state index in [0.29, 0.717) is 17.9 Å². The zero-order valence-electron chi connectivity index (χ0n) is 15.8. The van der Waals surface area contributed by atoms with E-state index in [2.05, 4.69) is 0 Å². The van der Waals surface area contributed by atoms with Crippen molar-refractivity contribution in [3.8, 4) is 5.75 Å². The normalized spacial score (nSPS) is 28.9.